The summed E-state index contributed by atoms with van der Waals surface area (Å²) in [5.41, 5.74) is 0.496. The van der Waals surface area contributed by atoms with Crippen LogP contribution < -0.4 is 0 Å². The van der Waals surface area contributed by atoms with E-state index in [1.54, 1.807) is 18.2 Å². The zero-order valence-corrected chi connectivity index (χ0v) is 10.5. The Morgan fingerprint density at radius 1 is 1.46 bits per heavy atom. The Morgan fingerprint density at radius 2 is 2.08 bits per heavy atom. The quantitative estimate of drug-likeness (QED) is 0.455. The van der Waals surface area contributed by atoms with Gasteiger partial charge in [0, 0.05) is 5.56 Å². The predicted molar refractivity (Wildman–Crippen MR) is 64.3 cm³/mol. The van der Waals surface area contributed by atoms with E-state index in [-0.39, 0.29) is 9.71 Å². The second-order valence-electron chi connectivity index (χ2n) is 2.58. The molecule has 1 aromatic rings. The highest BCUT2D eigenvalue weighted by Crippen LogP contribution is 2.27. The summed E-state index contributed by atoms with van der Waals surface area (Å²) < 4.78 is -0.0893. The summed E-state index contributed by atoms with van der Waals surface area (Å²) in [6, 6.07) is 5.07. The smallest absolute Gasteiger partial charge is 0.176 e. The van der Waals surface area contributed by atoms with Gasteiger partial charge in [-0.3, -0.25) is 4.79 Å². The Bertz CT molecular complexity index is 336. The summed E-state index contributed by atoms with van der Waals surface area (Å²) in [5.74, 6) is 0.00750. The van der Waals surface area contributed by atoms with Crippen molar-refractivity contribution in [2.24, 2.45) is 0 Å². The number of carbonyl (C=O) groups excluding carboxylic acids is 1. The molecule has 13 heavy (non-hydrogen) atoms. The van der Waals surface area contributed by atoms with Crippen LogP contribution in [0.15, 0.2) is 18.2 Å². The van der Waals surface area contributed by atoms with Crippen LogP contribution in [0.5, 0.6) is 0 Å². The van der Waals surface area contributed by atoms with Crippen molar-refractivity contribution in [2.45, 2.75) is 10.8 Å². The van der Waals surface area contributed by atoms with Crippen molar-refractivity contribution in [3.05, 3.63) is 33.8 Å². The van der Waals surface area contributed by atoms with Crippen molar-refractivity contribution >= 4 is 51.6 Å². The fourth-order valence-electron chi connectivity index (χ4n) is 0.908. The van der Waals surface area contributed by atoms with Gasteiger partial charge in [0.25, 0.3) is 0 Å². The molecule has 0 aliphatic rings. The molecule has 0 radical (unpaired) electrons. The van der Waals surface area contributed by atoms with Crippen molar-refractivity contribution in [2.75, 3.05) is 0 Å². The summed E-state index contributed by atoms with van der Waals surface area (Å²) >= 11 is 13.7. The Kier molecular flexibility index (Phi) is 4.01. The van der Waals surface area contributed by atoms with Crippen molar-refractivity contribution in [1.29, 1.82) is 0 Å². The average molecular weight is 329 g/mol. The highest BCUT2D eigenvalue weighted by Gasteiger charge is 2.16. The van der Waals surface area contributed by atoms with Crippen LogP contribution in [-0.4, -0.2) is 9.71 Å². The lowest BCUT2D eigenvalue weighted by Crippen LogP contribution is -2.10. The maximum atomic E-state index is 11.6. The number of hydrogen-bond donors (Lipinski definition) is 0. The molecule has 1 unspecified atom stereocenters. The number of benzene rings is 1. The molecule has 0 bridgehead atoms. The maximum absolute atomic E-state index is 11.6. The van der Waals surface area contributed by atoms with E-state index in [0.29, 0.717) is 15.6 Å². The third-order valence-electron chi connectivity index (χ3n) is 1.58. The fraction of sp³-hybridized carbons (Fsp3) is 0.222. The summed E-state index contributed by atoms with van der Waals surface area (Å²) in [7, 11) is 0. The van der Waals surface area contributed by atoms with Crippen molar-refractivity contribution < 1.29 is 4.79 Å². The van der Waals surface area contributed by atoms with Crippen LogP contribution in [0.3, 0.4) is 0 Å². The monoisotopic (exact) mass is 328 g/mol. The minimum Gasteiger partial charge on any atom is -0.293 e. The van der Waals surface area contributed by atoms with Crippen molar-refractivity contribution in [3.8, 4) is 0 Å². The van der Waals surface area contributed by atoms with Crippen LogP contribution in [-0.2, 0) is 0 Å². The lowest BCUT2D eigenvalue weighted by atomic mass is 10.1. The fourth-order valence-corrected chi connectivity index (χ4v) is 1.64. The normalized spacial score (nSPS) is 12.6. The molecule has 0 heterocycles. The zero-order valence-electron chi connectivity index (χ0n) is 6.85. The van der Waals surface area contributed by atoms with E-state index in [9.17, 15) is 4.79 Å². The van der Waals surface area contributed by atoms with Gasteiger partial charge in [-0.25, -0.2) is 0 Å². The van der Waals surface area contributed by atoms with E-state index in [1.165, 1.54) is 0 Å². The largest absolute Gasteiger partial charge is 0.293 e. The number of ketones is 1. The first-order valence-electron chi connectivity index (χ1n) is 3.66. The van der Waals surface area contributed by atoms with E-state index in [1.807, 2.05) is 29.5 Å². The first kappa shape index (κ1) is 11.3. The van der Waals surface area contributed by atoms with Gasteiger partial charge in [-0.1, -0.05) is 51.9 Å². The van der Waals surface area contributed by atoms with Gasteiger partial charge >= 0.3 is 0 Å². The van der Waals surface area contributed by atoms with Crippen LogP contribution in [0.25, 0.3) is 0 Å². The van der Waals surface area contributed by atoms with Crippen LogP contribution in [0.4, 0.5) is 0 Å². The number of alkyl halides is 1. The zero-order chi connectivity index (χ0) is 10.0. The summed E-state index contributed by atoms with van der Waals surface area (Å²) in [6.45, 7) is 1.82. The van der Waals surface area contributed by atoms with Gasteiger partial charge in [-0.2, -0.15) is 0 Å². The molecule has 0 aliphatic heterocycles. The van der Waals surface area contributed by atoms with E-state index < -0.39 is 0 Å². The molecule has 70 valence electrons. The Labute approximate surface area is 101 Å². The molecule has 0 amide bonds. The van der Waals surface area contributed by atoms with E-state index in [2.05, 4.69) is 0 Å². The second-order valence-corrected chi connectivity index (χ2v) is 5.24. The first-order chi connectivity index (χ1) is 6.04. The topological polar surface area (TPSA) is 17.1 Å². The Hall–Kier alpha value is 0.200. The highest BCUT2D eigenvalue weighted by molar-refractivity contribution is 14.1. The molecule has 1 nitrogen and oxygen atoms in total. The molecule has 0 saturated carbocycles. The standard InChI is InChI=1S/C9H7Cl2IO/c1-5(12)9(13)6-3-2-4-7(10)8(6)11/h2-5H,1H3. The molecule has 4 heteroatoms. The molecule has 0 fully saturated rings. The molecule has 1 atom stereocenters. The van der Waals surface area contributed by atoms with Gasteiger partial charge in [0.15, 0.2) is 5.78 Å². The molecular formula is C9H7Cl2IO. The average Bonchev–Trinajstić information content (AvgIpc) is 2.08. The number of carbonyl (C=O) groups is 1. The predicted octanol–water partition coefficient (Wildman–Crippen LogP) is 4.00. The lowest BCUT2D eigenvalue weighted by molar-refractivity contribution is 0.0998. The van der Waals surface area contributed by atoms with Gasteiger partial charge < -0.3 is 0 Å². The SMILES string of the molecule is CC(I)C(=O)c1cccc(Cl)c1Cl. The van der Waals surface area contributed by atoms with E-state index in [4.69, 9.17) is 23.2 Å². The second kappa shape index (κ2) is 4.62. The lowest BCUT2D eigenvalue weighted by Gasteiger charge is -2.05. The van der Waals surface area contributed by atoms with Gasteiger partial charge in [0.2, 0.25) is 0 Å². The molecule has 0 saturated heterocycles. The summed E-state index contributed by atoms with van der Waals surface area (Å²) in [5, 5.41) is 0.766. The molecule has 0 N–H and O–H groups in total. The molecule has 0 spiro atoms. The number of Topliss-reactive ketones (excluding diaryl/α,β-unsaturated/α-hetero) is 1. The summed E-state index contributed by atoms with van der Waals surface area (Å²) in [6.07, 6.45) is 0. The molecule has 0 aliphatic carbocycles. The third kappa shape index (κ3) is 2.58. The molecule has 0 aromatic heterocycles. The highest BCUT2D eigenvalue weighted by atomic mass is 127. The van der Waals surface area contributed by atoms with E-state index >= 15 is 0 Å². The van der Waals surface area contributed by atoms with Crippen LogP contribution in [0, 0.1) is 0 Å². The minimum absolute atomic E-state index is 0.00750. The van der Waals surface area contributed by atoms with Gasteiger partial charge in [-0.15, -0.1) is 0 Å². The van der Waals surface area contributed by atoms with Crippen molar-refractivity contribution in [1.82, 2.24) is 0 Å². The molecular weight excluding hydrogens is 322 g/mol. The number of rotatable bonds is 2. The van der Waals surface area contributed by atoms with Gasteiger partial charge in [-0.05, 0) is 19.1 Å². The summed E-state index contributed by atoms with van der Waals surface area (Å²) in [4.78, 5) is 11.6. The van der Waals surface area contributed by atoms with Crippen LogP contribution >= 0.6 is 45.8 Å². The molecule has 1 rings (SSSR count). The van der Waals surface area contributed by atoms with Crippen LogP contribution in [0.1, 0.15) is 17.3 Å². The van der Waals surface area contributed by atoms with E-state index in [0.717, 1.165) is 0 Å². The maximum Gasteiger partial charge on any atom is 0.176 e. The van der Waals surface area contributed by atoms with Gasteiger partial charge in [0.1, 0.15) is 0 Å². The minimum atomic E-state index is -0.0893. The van der Waals surface area contributed by atoms with Gasteiger partial charge in [0.05, 0.1) is 14.0 Å². The number of halogens is 3. The number of hydrogen-bond acceptors (Lipinski definition) is 1. The first-order valence-corrected chi connectivity index (χ1v) is 5.66. The Morgan fingerprint density at radius 3 is 2.62 bits per heavy atom. The van der Waals surface area contributed by atoms with Crippen LogP contribution in [0.2, 0.25) is 10.0 Å². The third-order valence-corrected chi connectivity index (χ3v) is 2.96. The van der Waals surface area contributed by atoms with Crippen molar-refractivity contribution in [3.63, 3.8) is 0 Å². The Balaban J connectivity index is 3.15. The molecule has 1 aromatic carbocycles.